The van der Waals surface area contributed by atoms with Gasteiger partial charge in [0.2, 0.25) is 11.8 Å². The van der Waals surface area contributed by atoms with Crippen molar-refractivity contribution in [1.82, 2.24) is 25.0 Å². The molecule has 3 aliphatic rings. The summed E-state index contributed by atoms with van der Waals surface area (Å²) in [5.41, 5.74) is 3.52. The van der Waals surface area contributed by atoms with Crippen molar-refractivity contribution < 1.29 is 28.7 Å². The van der Waals surface area contributed by atoms with Crippen LogP contribution in [0.3, 0.4) is 0 Å². The Morgan fingerprint density at radius 3 is 2.64 bits per heavy atom. The number of carbonyl (C=O) groups excluding carboxylic acids is 4. The van der Waals surface area contributed by atoms with Gasteiger partial charge in [0.05, 0.1) is 30.2 Å². The van der Waals surface area contributed by atoms with Crippen LogP contribution in [0.1, 0.15) is 58.9 Å². The minimum absolute atomic E-state index is 0.0255. The third-order valence-corrected chi connectivity index (χ3v) is 9.65. The lowest BCUT2D eigenvalue weighted by molar-refractivity contribution is -0.148. The molecule has 44 heavy (non-hydrogen) atoms. The number of nitrogens with one attached hydrogen (secondary N) is 1. The number of halogens is 1. The van der Waals surface area contributed by atoms with Gasteiger partial charge in [-0.25, -0.2) is 4.79 Å². The maximum atomic E-state index is 14.3. The van der Waals surface area contributed by atoms with Crippen molar-refractivity contribution in [1.29, 1.82) is 0 Å². The monoisotopic (exact) mass is 645 g/mol. The number of benzene rings is 1. The van der Waals surface area contributed by atoms with E-state index in [0.717, 1.165) is 24.0 Å². The summed E-state index contributed by atoms with van der Waals surface area (Å²) < 4.78 is 11.7. The van der Waals surface area contributed by atoms with Crippen molar-refractivity contribution in [3.63, 3.8) is 0 Å². The summed E-state index contributed by atoms with van der Waals surface area (Å²) >= 11 is 7.02. The van der Waals surface area contributed by atoms with E-state index in [1.54, 1.807) is 35.6 Å². The van der Waals surface area contributed by atoms with Gasteiger partial charge < -0.3 is 29.5 Å². The van der Waals surface area contributed by atoms with E-state index in [-0.39, 0.29) is 48.8 Å². The van der Waals surface area contributed by atoms with E-state index in [1.165, 1.54) is 11.3 Å². The first-order valence-electron chi connectivity index (χ1n) is 15.2. The minimum atomic E-state index is -0.616. The van der Waals surface area contributed by atoms with Gasteiger partial charge in [-0.3, -0.25) is 19.4 Å². The molecule has 4 atom stereocenters. The third kappa shape index (κ3) is 7.12. The summed E-state index contributed by atoms with van der Waals surface area (Å²) in [6.45, 7) is 1.65. The van der Waals surface area contributed by atoms with Crippen LogP contribution in [0.15, 0.2) is 29.9 Å². The second kappa shape index (κ2) is 14.6. The summed E-state index contributed by atoms with van der Waals surface area (Å²) in [5.74, 6) is -0.159. The molecule has 0 unspecified atom stereocenters. The van der Waals surface area contributed by atoms with Crippen LogP contribution in [-0.4, -0.2) is 102 Å². The molecule has 1 saturated carbocycles. The summed E-state index contributed by atoms with van der Waals surface area (Å²) in [6.07, 6.45) is 5.15. The lowest BCUT2D eigenvalue weighted by Gasteiger charge is -2.42. The summed E-state index contributed by atoms with van der Waals surface area (Å²) in [6, 6.07) is 5.32. The molecule has 3 heterocycles. The second-order valence-corrected chi connectivity index (χ2v) is 13.0. The Bertz CT molecular complexity index is 1340. The van der Waals surface area contributed by atoms with Crippen LogP contribution in [0.5, 0.6) is 5.75 Å². The van der Waals surface area contributed by atoms with Gasteiger partial charge in [-0.2, -0.15) is 0 Å². The zero-order valence-corrected chi connectivity index (χ0v) is 26.8. The largest absolute Gasteiger partial charge is 0.488 e. The molecule has 0 bridgehead atoms. The standard InChI is InChI=1S/C31H40ClN5O6S/c1-35(2)28(38)22-7-3-4-8-23(22)29(39)37-14-10-20-6-5-9-25(27(20)24(37)16-34-31(41)42-15-12-32)43-21-11-13-36(18-21)30(40)26-17-33-19-44-26/h5-6,9,17,19,21-24H,3-4,7-8,10-16,18H2,1-2H3,(H,34,41)/t21-,22-,23+,24+/m0/s1. The first kappa shape index (κ1) is 32.0. The number of fused-ring (bicyclic) bond motifs is 1. The number of amides is 4. The van der Waals surface area contributed by atoms with Gasteiger partial charge in [0.15, 0.2) is 0 Å². The molecule has 0 radical (unpaired) electrons. The zero-order chi connectivity index (χ0) is 31.2. The van der Waals surface area contributed by atoms with Gasteiger partial charge in [0, 0.05) is 57.5 Å². The number of nitrogens with zero attached hydrogens (tertiary/aromatic N) is 4. The topological polar surface area (TPSA) is 121 Å². The molecule has 0 spiro atoms. The zero-order valence-electron chi connectivity index (χ0n) is 25.2. The Kier molecular flexibility index (Phi) is 10.6. The van der Waals surface area contributed by atoms with Crippen molar-refractivity contribution in [2.75, 3.05) is 52.8 Å². The summed E-state index contributed by atoms with van der Waals surface area (Å²) in [7, 11) is 3.46. The summed E-state index contributed by atoms with van der Waals surface area (Å²) in [5, 5.41) is 2.82. The van der Waals surface area contributed by atoms with Crippen LogP contribution in [-0.2, 0) is 20.7 Å². The number of carbonyl (C=O) groups is 4. The highest BCUT2D eigenvalue weighted by Crippen LogP contribution is 2.41. The van der Waals surface area contributed by atoms with E-state index in [1.807, 2.05) is 23.1 Å². The van der Waals surface area contributed by atoms with Crippen molar-refractivity contribution >= 4 is 46.8 Å². The Morgan fingerprint density at radius 2 is 1.91 bits per heavy atom. The molecule has 2 aromatic rings. The fourth-order valence-corrected chi connectivity index (χ4v) is 7.28. The number of thiazole rings is 1. The molecular weight excluding hydrogens is 606 g/mol. The molecule has 5 rings (SSSR count). The van der Waals surface area contributed by atoms with Crippen LogP contribution >= 0.6 is 22.9 Å². The second-order valence-electron chi connectivity index (χ2n) is 11.7. The molecule has 1 saturated heterocycles. The van der Waals surface area contributed by atoms with Crippen molar-refractivity contribution in [3.05, 3.63) is 45.9 Å². The maximum Gasteiger partial charge on any atom is 0.407 e. The summed E-state index contributed by atoms with van der Waals surface area (Å²) in [4.78, 5) is 62.6. The Labute approximate surface area is 266 Å². The van der Waals surface area contributed by atoms with Gasteiger partial charge >= 0.3 is 6.09 Å². The first-order chi connectivity index (χ1) is 21.3. The molecule has 1 aliphatic carbocycles. The first-order valence-corrected chi connectivity index (χ1v) is 16.6. The Hall–Kier alpha value is -3.38. The van der Waals surface area contributed by atoms with Gasteiger partial charge in [0.1, 0.15) is 23.3 Å². The molecule has 238 valence electrons. The maximum absolute atomic E-state index is 14.3. The van der Waals surface area contributed by atoms with E-state index in [9.17, 15) is 19.2 Å². The highest BCUT2D eigenvalue weighted by atomic mass is 35.5. The van der Waals surface area contributed by atoms with Gasteiger partial charge in [0.25, 0.3) is 5.91 Å². The number of hydrogen-bond acceptors (Lipinski definition) is 8. The molecule has 2 aliphatic heterocycles. The van der Waals surface area contributed by atoms with Crippen LogP contribution in [0, 0.1) is 11.8 Å². The number of ether oxygens (including phenoxy) is 2. The van der Waals surface area contributed by atoms with Crippen LogP contribution in [0.4, 0.5) is 4.79 Å². The van der Waals surface area contributed by atoms with Gasteiger partial charge in [-0.15, -0.1) is 22.9 Å². The Balaban J connectivity index is 1.40. The van der Waals surface area contributed by atoms with E-state index < -0.39 is 18.1 Å². The van der Waals surface area contributed by atoms with Crippen LogP contribution in [0.2, 0.25) is 0 Å². The molecule has 11 nitrogen and oxygen atoms in total. The van der Waals surface area contributed by atoms with E-state index in [4.69, 9.17) is 21.1 Å². The normalized spacial score (nSPS) is 23.1. The van der Waals surface area contributed by atoms with Crippen molar-refractivity contribution in [3.8, 4) is 5.75 Å². The van der Waals surface area contributed by atoms with Crippen molar-refractivity contribution in [2.45, 2.75) is 50.7 Å². The smallest absolute Gasteiger partial charge is 0.407 e. The molecule has 13 heteroatoms. The lowest BCUT2D eigenvalue weighted by Crippen LogP contribution is -2.50. The fourth-order valence-electron chi connectivity index (χ4n) is 6.61. The average molecular weight is 646 g/mol. The number of rotatable bonds is 9. The van der Waals surface area contributed by atoms with E-state index in [2.05, 4.69) is 10.3 Å². The van der Waals surface area contributed by atoms with Crippen LogP contribution in [0.25, 0.3) is 0 Å². The number of hydrogen-bond donors (Lipinski definition) is 1. The molecule has 2 fully saturated rings. The third-order valence-electron chi connectivity index (χ3n) is 8.73. The molecule has 4 amide bonds. The van der Waals surface area contributed by atoms with Crippen LogP contribution < -0.4 is 10.1 Å². The van der Waals surface area contributed by atoms with Crippen molar-refractivity contribution in [2.24, 2.45) is 11.8 Å². The SMILES string of the molecule is CN(C)C(=O)[C@H]1CCCC[C@H]1C(=O)N1CCc2cccc(O[C@H]3CCN(C(=O)c4cncs4)C3)c2[C@H]1CNC(=O)OCCCl. The van der Waals surface area contributed by atoms with Gasteiger partial charge in [-0.05, 0) is 30.9 Å². The number of alkyl halides is 1. The number of aromatic nitrogens is 1. The van der Waals surface area contributed by atoms with E-state index >= 15 is 0 Å². The Morgan fingerprint density at radius 1 is 1.11 bits per heavy atom. The number of alkyl carbamates (subject to hydrolysis) is 1. The molecule has 1 aromatic heterocycles. The average Bonchev–Trinajstić information content (AvgIpc) is 3.75. The molecule has 1 N–H and O–H groups in total. The lowest BCUT2D eigenvalue weighted by atomic mass is 9.77. The molecular formula is C31H40ClN5O6S. The predicted molar refractivity (Wildman–Crippen MR) is 166 cm³/mol. The highest BCUT2D eigenvalue weighted by Gasteiger charge is 2.43. The highest BCUT2D eigenvalue weighted by molar-refractivity contribution is 7.11. The fraction of sp³-hybridized carbons (Fsp3) is 0.581. The quantitative estimate of drug-likeness (QED) is 0.413. The predicted octanol–water partition coefficient (Wildman–Crippen LogP) is 3.72. The minimum Gasteiger partial charge on any atom is -0.488 e. The molecule has 1 aromatic carbocycles. The van der Waals surface area contributed by atoms with E-state index in [0.29, 0.717) is 55.9 Å². The van der Waals surface area contributed by atoms with Gasteiger partial charge in [-0.1, -0.05) is 25.0 Å². The number of likely N-dealkylation sites (tertiary alicyclic amines) is 1.